The Morgan fingerprint density at radius 3 is 2.35 bits per heavy atom. The molecule has 0 spiro atoms. The molecule has 1 heterocycles. The van der Waals surface area contributed by atoms with Crippen molar-refractivity contribution in [1.82, 2.24) is 9.97 Å². The van der Waals surface area contributed by atoms with Gasteiger partial charge in [-0.1, -0.05) is 12.1 Å². The molecule has 0 saturated heterocycles. The summed E-state index contributed by atoms with van der Waals surface area (Å²) in [6.45, 7) is 0. The number of nitrogens with one attached hydrogen (secondary N) is 1. The maximum absolute atomic E-state index is 12.5. The Kier molecular flexibility index (Phi) is 4.70. The Balaban J connectivity index is 1.95. The number of ether oxygens (including phenoxy) is 3. The van der Waals surface area contributed by atoms with Crippen molar-refractivity contribution in [3.63, 3.8) is 0 Å². The normalized spacial score (nSPS) is 11.3. The molecule has 0 amide bonds. The number of methoxy groups -OCH3 is 2. The number of anilines is 2. The highest BCUT2D eigenvalue weighted by Gasteiger charge is 2.32. The van der Waals surface area contributed by atoms with Gasteiger partial charge in [0.25, 0.3) is 0 Å². The molecule has 1 aromatic heterocycles. The summed E-state index contributed by atoms with van der Waals surface area (Å²) in [5, 5.41) is 3.42. The first-order valence-corrected chi connectivity index (χ1v) is 7.40. The summed E-state index contributed by atoms with van der Waals surface area (Å²) in [5.74, 6) is 0.734. The molecule has 136 valence electrons. The van der Waals surface area contributed by atoms with Crippen molar-refractivity contribution in [2.45, 2.75) is 6.36 Å². The lowest BCUT2D eigenvalue weighted by Crippen LogP contribution is -2.18. The zero-order chi connectivity index (χ0) is 18.7. The van der Waals surface area contributed by atoms with E-state index >= 15 is 0 Å². The third-order valence-corrected chi connectivity index (χ3v) is 3.44. The summed E-state index contributed by atoms with van der Waals surface area (Å²) < 4.78 is 52.0. The number of rotatable bonds is 5. The molecule has 0 aliphatic heterocycles. The van der Waals surface area contributed by atoms with E-state index in [2.05, 4.69) is 20.0 Å². The molecule has 0 saturated carbocycles. The third-order valence-electron chi connectivity index (χ3n) is 3.44. The average molecular weight is 365 g/mol. The zero-order valence-corrected chi connectivity index (χ0v) is 13.8. The van der Waals surface area contributed by atoms with E-state index in [1.807, 2.05) is 0 Å². The molecule has 0 bridgehead atoms. The lowest BCUT2D eigenvalue weighted by atomic mass is 10.2. The van der Waals surface area contributed by atoms with Crippen LogP contribution in [-0.4, -0.2) is 30.5 Å². The zero-order valence-electron chi connectivity index (χ0n) is 13.8. The first-order valence-electron chi connectivity index (χ1n) is 7.40. The van der Waals surface area contributed by atoms with Crippen LogP contribution in [0.1, 0.15) is 0 Å². The maximum atomic E-state index is 12.5. The predicted octanol–water partition coefficient (Wildman–Crippen LogP) is 4.29. The van der Waals surface area contributed by atoms with Crippen LogP contribution in [0, 0.1) is 0 Å². The molecule has 0 radical (unpaired) electrons. The van der Waals surface area contributed by atoms with Gasteiger partial charge < -0.3 is 19.5 Å². The van der Waals surface area contributed by atoms with Gasteiger partial charge in [-0.25, -0.2) is 9.97 Å². The van der Waals surface area contributed by atoms with Gasteiger partial charge in [-0.05, 0) is 18.2 Å². The van der Waals surface area contributed by atoms with E-state index in [0.29, 0.717) is 22.4 Å². The fourth-order valence-corrected chi connectivity index (χ4v) is 2.32. The number of benzene rings is 2. The van der Waals surface area contributed by atoms with Gasteiger partial charge in [-0.2, -0.15) is 0 Å². The van der Waals surface area contributed by atoms with Crippen molar-refractivity contribution in [1.29, 1.82) is 0 Å². The highest BCUT2D eigenvalue weighted by molar-refractivity contribution is 5.83. The number of hydrogen-bond acceptors (Lipinski definition) is 6. The number of halogens is 3. The van der Waals surface area contributed by atoms with Crippen molar-refractivity contribution in [3.05, 3.63) is 42.6 Å². The number of alkyl halides is 3. The molecule has 0 aliphatic rings. The van der Waals surface area contributed by atoms with Crippen LogP contribution in [0.3, 0.4) is 0 Å². The van der Waals surface area contributed by atoms with E-state index in [0.717, 1.165) is 0 Å². The first-order chi connectivity index (χ1) is 12.4. The van der Waals surface area contributed by atoms with Crippen LogP contribution in [0.5, 0.6) is 17.2 Å². The Morgan fingerprint density at radius 2 is 1.65 bits per heavy atom. The molecule has 26 heavy (non-hydrogen) atoms. The lowest BCUT2D eigenvalue weighted by molar-refractivity contribution is -0.274. The molecule has 0 fully saturated rings. The van der Waals surface area contributed by atoms with E-state index in [4.69, 9.17) is 9.47 Å². The van der Waals surface area contributed by atoms with Gasteiger partial charge in [0.1, 0.15) is 0 Å². The van der Waals surface area contributed by atoms with E-state index in [-0.39, 0.29) is 17.4 Å². The van der Waals surface area contributed by atoms with Crippen molar-refractivity contribution in [2.75, 3.05) is 19.5 Å². The fourth-order valence-electron chi connectivity index (χ4n) is 2.32. The molecule has 2 aromatic carbocycles. The largest absolute Gasteiger partial charge is 0.573 e. The van der Waals surface area contributed by atoms with Crippen LogP contribution in [0.15, 0.2) is 42.6 Å². The quantitative estimate of drug-likeness (QED) is 0.728. The second-order valence-corrected chi connectivity index (χ2v) is 5.13. The van der Waals surface area contributed by atoms with Crippen molar-refractivity contribution >= 4 is 22.5 Å². The number of aromatic nitrogens is 2. The van der Waals surface area contributed by atoms with Gasteiger partial charge in [0.15, 0.2) is 17.2 Å². The average Bonchev–Trinajstić information content (AvgIpc) is 2.61. The second-order valence-electron chi connectivity index (χ2n) is 5.13. The van der Waals surface area contributed by atoms with Crippen LogP contribution >= 0.6 is 0 Å². The molecule has 0 unspecified atom stereocenters. The maximum Gasteiger partial charge on any atom is 0.573 e. The number of para-hydroxylation sites is 2. The third kappa shape index (κ3) is 3.88. The smallest absolute Gasteiger partial charge is 0.493 e. The van der Waals surface area contributed by atoms with Gasteiger partial charge in [-0.3, -0.25) is 0 Å². The summed E-state index contributed by atoms with van der Waals surface area (Å²) in [6, 6.07) is 9.00. The molecule has 0 atom stereocenters. The molecule has 6 nitrogen and oxygen atoms in total. The second kappa shape index (κ2) is 6.95. The van der Waals surface area contributed by atoms with Crippen LogP contribution < -0.4 is 19.5 Å². The Morgan fingerprint density at radius 1 is 0.962 bits per heavy atom. The predicted molar refractivity (Wildman–Crippen MR) is 89.0 cm³/mol. The van der Waals surface area contributed by atoms with E-state index in [1.54, 1.807) is 18.2 Å². The van der Waals surface area contributed by atoms with Gasteiger partial charge in [0.2, 0.25) is 5.95 Å². The highest BCUT2D eigenvalue weighted by atomic mass is 19.4. The molecule has 3 rings (SSSR count). The van der Waals surface area contributed by atoms with E-state index < -0.39 is 6.36 Å². The Bertz CT molecular complexity index is 932. The monoisotopic (exact) mass is 365 g/mol. The van der Waals surface area contributed by atoms with Crippen molar-refractivity contribution in [2.24, 2.45) is 0 Å². The lowest BCUT2D eigenvalue weighted by Gasteiger charge is -2.14. The van der Waals surface area contributed by atoms with E-state index in [9.17, 15) is 13.2 Å². The minimum atomic E-state index is -4.80. The van der Waals surface area contributed by atoms with Crippen LogP contribution in [0.4, 0.5) is 24.8 Å². The number of nitrogens with zero attached hydrogens (tertiary/aromatic N) is 2. The molecule has 3 aromatic rings. The molecule has 0 aliphatic carbocycles. The molecule has 9 heteroatoms. The summed E-state index contributed by atoms with van der Waals surface area (Å²) >= 11 is 0. The Labute approximate surface area is 146 Å². The minimum absolute atomic E-state index is 0.0876. The summed E-state index contributed by atoms with van der Waals surface area (Å²) in [5.41, 5.74) is 0.624. The van der Waals surface area contributed by atoms with Crippen molar-refractivity contribution in [3.8, 4) is 17.2 Å². The van der Waals surface area contributed by atoms with Gasteiger partial charge in [0.05, 0.1) is 25.4 Å². The van der Waals surface area contributed by atoms with Crippen molar-refractivity contribution < 1.29 is 27.4 Å². The number of fused-ring (bicyclic) bond motifs is 1. The minimum Gasteiger partial charge on any atom is -0.493 e. The standard InChI is InChI=1S/C17H14F3N3O3/c1-24-14-7-10-9-21-16(23-12(10)8-15(14)25-2)22-11-5-3-4-6-13(11)26-17(18,19)20/h3-9H,1-2H3,(H,21,22,23). The fraction of sp³-hybridized carbons (Fsp3) is 0.176. The van der Waals surface area contributed by atoms with Gasteiger partial charge >= 0.3 is 6.36 Å². The van der Waals surface area contributed by atoms with Gasteiger partial charge in [0, 0.05) is 17.6 Å². The van der Waals surface area contributed by atoms with Crippen LogP contribution in [0.2, 0.25) is 0 Å². The highest BCUT2D eigenvalue weighted by Crippen LogP contribution is 2.33. The summed E-state index contributed by atoms with van der Waals surface area (Å²) in [4.78, 5) is 8.41. The Hall–Kier alpha value is -3.23. The SMILES string of the molecule is COc1cc2cnc(Nc3ccccc3OC(F)(F)F)nc2cc1OC. The molecular weight excluding hydrogens is 351 g/mol. The molecular formula is C17H14F3N3O3. The first kappa shape index (κ1) is 17.6. The molecule has 1 N–H and O–H groups in total. The van der Waals surface area contributed by atoms with Gasteiger partial charge in [-0.15, -0.1) is 13.2 Å². The van der Waals surface area contributed by atoms with Crippen LogP contribution in [-0.2, 0) is 0 Å². The summed E-state index contributed by atoms with van der Waals surface area (Å²) in [6.07, 6.45) is -3.27. The summed E-state index contributed by atoms with van der Waals surface area (Å²) in [7, 11) is 3.01. The number of hydrogen-bond donors (Lipinski definition) is 1. The van der Waals surface area contributed by atoms with Crippen LogP contribution in [0.25, 0.3) is 10.9 Å². The van der Waals surface area contributed by atoms with E-state index in [1.165, 1.54) is 38.6 Å². The topological polar surface area (TPSA) is 65.5 Å².